The molecule has 0 aliphatic carbocycles. The maximum Gasteiger partial charge on any atom is 0.227 e. The summed E-state index contributed by atoms with van der Waals surface area (Å²) in [5.41, 5.74) is 6.31. The average molecular weight is 243 g/mol. The molecule has 0 bridgehead atoms. The SMILES string of the molecule is CCc1nnsc1-c1nc(N)nc(Cl)n1. The van der Waals surface area contributed by atoms with Crippen LogP contribution in [0.3, 0.4) is 0 Å². The van der Waals surface area contributed by atoms with Crippen LogP contribution >= 0.6 is 23.1 Å². The molecule has 0 radical (unpaired) electrons. The molecule has 15 heavy (non-hydrogen) atoms. The van der Waals surface area contributed by atoms with Gasteiger partial charge in [0.05, 0.1) is 5.69 Å². The molecule has 0 fully saturated rings. The quantitative estimate of drug-likeness (QED) is 0.851. The number of anilines is 1. The van der Waals surface area contributed by atoms with E-state index in [4.69, 9.17) is 17.3 Å². The van der Waals surface area contributed by atoms with E-state index in [-0.39, 0.29) is 11.2 Å². The predicted molar refractivity (Wildman–Crippen MR) is 57.5 cm³/mol. The van der Waals surface area contributed by atoms with Crippen LogP contribution in [0.2, 0.25) is 5.28 Å². The summed E-state index contributed by atoms with van der Waals surface area (Å²) in [4.78, 5) is 12.4. The lowest BCUT2D eigenvalue weighted by molar-refractivity contribution is 0.983. The van der Waals surface area contributed by atoms with E-state index in [9.17, 15) is 0 Å². The van der Waals surface area contributed by atoms with Crippen LogP contribution in [-0.4, -0.2) is 24.5 Å². The van der Waals surface area contributed by atoms with Crippen LogP contribution < -0.4 is 5.73 Å². The van der Waals surface area contributed by atoms with Gasteiger partial charge in [-0.05, 0) is 29.6 Å². The summed E-state index contributed by atoms with van der Waals surface area (Å²) in [5, 5.41) is 4.03. The molecule has 0 saturated heterocycles. The first-order valence-electron chi connectivity index (χ1n) is 4.19. The Kier molecular flexibility index (Phi) is 2.74. The first-order chi connectivity index (χ1) is 7.20. The van der Waals surface area contributed by atoms with Crippen LogP contribution in [0.4, 0.5) is 5.95 Å². The first-order valence-corrected chi connectivity index (χ1v) is 5.34. The van der Waals surface area contributed by atoms with Crippen molar-refractivity contribution in [3.8, 4) is 10.7 Å². The smallest absolute Gasteiger partial charge is 0.227 e. The second-order valence-corrected chi connectivity index (χ2v) is 3.78. The summed E-state index contributed by atoms with van der Waals surface area (Å²) in [6, 6.07) is 0. The monoisotopic (exact) mass is 242 g/mol. The van der Waals surface area contributed by atoms with Crippen molar-refractivity contribution in [2.45, 2.75) is 13.3 Å². The normalized spacial score (nSPS) is 10.5. The van der Waals surface area contributed by atoms with Gasteiger partial charge in [-0.2, -0.15) is 15.0 Å². The maximum atomic E-state index is 5.68. The first kappa shape index (κ1) is 10.2. The number of aryl methyl sites for hydroxylation is 1. The van der Waals surface area contributed by atoms with Gasteiger partial charge in [-0.25, -0.2) is 0 Å². The van der Waals surface area contributed by atoms with Gasteiger partial charge in [0.1, 0.15) is 4.88 Å². The summed E-state index contributed by atoms with van der Waals surface area (Å²) in [6.07, 6.45) is 0.759. The number of rotatable bonds is 2. The maximum absolute atomic E-state index is 5.68. The lowest BCUT2D eigenvalue weighted by Crippen LogP contribution is -2.00. The van der Waals surface area contributed by atoms with Crippen molar-refractivity contribution < 1.29 is 0 Å². The fraction of sp³-hybridized carbons (Fsp3) is 0.286. The van der Waals surface area contributed by atoms with Crippen molar-refractivity contribution in [3.63, 3.8) is 0 Å². The van der Waals surface area contributed by atoms with Crippen molar-refractivity contribution in [3.05, 3.63) is 11.0 Å². The topological polar surface area (TPSA) is 90.5 Å². The minimum atomic E-state index is 0.0768. The van der Waals surface area contributed by atoms with E-state index in [0.29, 0.717) is 5.82 Å². The molecule has 2 aromatic heterocycles. The Labute approximate surface area is 94.7 Å². The Balaban J connectivity index is 2.53. The largest absolute Gasteiger partial charge is 0.368 e. The van der Waals surface area contributed by atoms with Crippen LogP contribution in [0, 0.1) is 0 Å². The zero-order valence-corrected chi connectivity index (χ0v) is 9.38. The molecule has 0 aliphatic rings. The zero-order chi connectivity index (χ0) is 10.8. The van der Waals surface area contributed by atoms with E-state index >= 15 is 0 Å². The minimum Gasteiger partial charge on any atom is -0.368 e. The van der Waals surface area contributed by atoms with Gasteiger partial charge in [-0.15, -0.1) is 5.10 Å². The van der Waals surface area contributed by atoms with Gasteiger partial charge < -0.3 is 5.73 Å². The number of hydrogen-bond acceptors (Lipinski definition) is 7. The molecule has 8 heteroatoms. The molecule has 2 heterocycles. The Morgan fingerprint density at radius 2 is 2.13 bits per heavy atom. The highest BCUT2D eigenvalue weighted by molar-refractivity contribution is 7.09. The van der Waals surface area contributed by atoms with Gasteiger partial charge in [0.15, 0.2) is 5.82 Å². The lowest BCUT2D eigenvalue weighted by atomic mass is 10.3. The standard InChI is InChI=1S/C7H7ClN6S/c1-2-3-4(15-14-13-3)5-10-6(8)12-7(9)11-5/h2H2,1H3,(H2,9,10,11,12). The summed E-state index contributed by atoms with van der Waals surface area (Å²) >= 11 is 6.90. The molecular formula is C7H7ClN6S. The highest BCUT2D eigenvalue weighted by Crippen LogP contribution is 2.23. The third-order valence-electron chi connectivity index (χ3n) is 1.72. The molecule has 0 atom stereocenters. The van der Waals surface area contributed by atoms with E-state index in [1.165, 1.54) is 11.5 Å². The van der Waals surface area contributed by atoms with E-state index < -0.39 is 0 Å². The second kappa shape index (κ2) is 4.03. The Bertz CT molecular complexity index is 464. The third-order valence-corrected chi connectivity index (χ3v) is 2.65. The molecule has 78 valence electrons. The van der Waals surface area contributed by atoms with E-state index in [0.717, 1.165) is 17.0 Å². The average Bonchev–Trinajstić information content (AvgIpc) is 2.63. The van der Waals surface area contributed by atoms with Crippen molar-refractivity contribution >= 4 is 29.1 Å². The molecule has 0 aromatic carbocycles. The lowest BCUT2D eigenvalue weighted by Gasteiger charge is -1.98. The van der Waals surface area contributed by atoms with Crippen molar-refractivity contribution in [2.75, 3.05) is 5.73 Å². The van der Waals surface area contributed by atoms with Crippen LogP contribution in [0.1, 0.15) is 12.6 Å². The van der Waals surface area contributed by atoms with Crippen LogP contribution in [0.25, 0.3) is 10.7 Å². The summed E-state index contributed by atoms with van der Waals surface area (Å²) in [6.45, 7) is 1.98. The Hall–Kier alpha value is -1.34. The van der Waals surface area contributed by atoms with Crippen molar-refractivity contribution in [2.24, 2.45) is 0 Å². The Morgan fingerprint density at radius 3 is 2.80 bits per heavy atom. The Morgan fingerprint density at radius 1 is 1.33 bits per heavy atom. The van der Waals surface area contributed by atoms with Crippen LogP contribution in [0.5, 0.6) is 0 Å². The van der Waals surface area contributed by atoms with Gasteiger partial charge in [0, 0.05) is 0 Å². The third kappa shape index (κ3) is 2.02. The summed E-state index contributed by atoms with van der Waals surface area (Å²) in [7, 11) is 0. The minimum absolute atomic E-state index is 0.0768. The van der Waals surface area contributed by atoms with E-state index in [2.05, 4.69) is 24.5 Å². The molecule has 6 nitrogen and oxygen atoms in total. The molecule has 0 amide bonds. The molecule has 0 unspecified atom stereocenters. The van der Waals surface area contributed by atoms with Crippen LogP contribution in [0.15, 0.2) is 0 Å². The molecule has 0 spiro atoms. The second-order valence-electron chi connectivity index (χ2n) is 2.69. The number of aromatic nitrogens is 5. The number of nitrogens with zero attached hydrogens (tertiary/aromatic N) is 5. The highest BCUT2D eigenvalue weighted by Gasteiger charge is 2.13. The molecule has 2 rings (SSSR count). The van der Waals surface area contributed by atoms with Gasteiger partial charge in [-0.1, -0.05) is 11.4 Å². The van der Waals surface area contributed by atoms with Crippen LogP contribution in [-0.2, 0) is 6.42 Å². The van der Waals surface area contributed by atoms with Gasteiger partial charge in [0.2, 0.25) is 11.2 Å². The van der Waals surface area contributed by atoms with Gasteiger partial charge in [-0.3, -0.25) is 0 Å². The zero-order valence-electron chi connectivity index (χ0n) is 7.81. The van der Waals surface area contributed by atoms with Crippen molar-refractivity contribution in [1.82, 2.24) is 24.5 Å². The van der Waals surface area contributed by atoms with Gasteiger partial charge >= 0.3 is 0 Å². The number of nitrogen functional groups attached to an aromatic ring is 1. The fourth-order valence-electron chi connectivity index (χ4n) is 1.08. The van der Waals surface area contributed by atoms with E-state index in [1.807, 2.05) is 6.92 Å². The molecule has 0 saturated carbocycles. The number of hydrogen-bond donors (Lipinski definition) is 1. The fourth-order valence-corrected chi connectivity index (χ4v) is 1.93. The van der Waals surface area contributed by atoms with Gasteiger partial charge in [0.25, 0.3) is 0 Å². The number of nitrogens with two attached hydrogens (primary N) is 1. The number of halogens is 1. The molecule has 2 aromatic rings. The molecule has 2 N–H and O–H groups in total. The van der Waals surface area contributed by atoms with E-state index in [1.54, 1.807) is 0 Å². The molecular weight excluding hydrogens is 236 g/mol. The molecule has 0 aliphatic heterocycles. The summed E-state index contributed by atoms with van der Waals surface area (Å²) in [5.74, 6) is 0.528. The highest BCUT2D eigenvalue weighted by atomic mass is 35.5. The summed E-state index contributed by atoms with van der Waals surface area (Å²) < 4.78 is 3.84. The van der Waals surface area contributed by atoms with Crippen molar-refractivity contribution in [1.29, 1.82) is 0 Å². The predicted octanol–water partition coefficient (Wildman–Crippen LogP) is 1.19.